The molecule has 0 aliphatic heterocycles. The molecule has 0 aliphatic carbocycles. The van der Waals surface area contributed by atoms with Gasteiger partial charge in [0.2, 0.25) is 5.78 Å². The third-order valence-corrected chi connectivity index (χ3v) is 5.80. The number of hydrogen-bond acceptors (Lipinski definition) is 3. The van der Waals surface area contributed by atoms with Crippen LogP contribution >= 0.6 is 0 Å². The third kappa shape index (κ3) is 2.69. The number of hydrogen-bond donors (Lipinski definition) is 1. The minimum Gasteiger partial charge on any atom is -0.360 e. The predicted octanol–water partition coefficient (Wildman–Crippen LogP) is 4.55. The highest BCUT2D eigenvalue weighted by atomic mass is 16.1. The van der Waals surface area contributed by atoms with E-state index in [0.717, 1.165) is 27.5 Å². The first-order valence-electron chi connectivity index (χ1n) is 10.2. The highest BCUT2D eigenvalue weighted by Gasteiger charge is 2.19. The number of nitrogens with one attached hydrogen (secondary N) is 1. The predicted molar refractivity (Wildman–Crippen MR) is 122 cm³/mol. The Kier molecular flexibility index (Phi) is 3.80. The Balaban J connectivity index is 1.67. The van der Waals surface area contributed by atoms with E-state index in [9.17, 15) is 4.79 Å². The quantitative estimate of drug-likeness (QED) is 0.470. The monoisotopic (exact) mass is 405 g/mol. The zero-order chi connectivity index (χ0) is 20.9. The molecule has 31 heavy (non-hydrogen) atoms. The molecule has 6 rings (SSSR count). The van der Waals surface area contributed by atoms with Crippen molar-refractivity contribution in [3.63, 3.8) is 0 Å². The van der Waals surface area contributed by atoms with E-state index in [-0.39, 0.29) is 5.56 Å². The van der Waals surface area contributed by atoms with Gasteiger partial charge in [-0.25, -0.2) is 0 Å². The minimum absolute atomic E-state index is 0.0680. The summed E-state index contributed by atoms with van der Waals surface area (Å²) in [5, 5.41) is 10.7. The molecule has 0 unspecified atom stereocenters. The summed E-state index contributed by atoms with van der Waals surface area (Å²) in [6.45, 7) is 2.48. The van der Waals surface area contributed by atoms with Crippen LogP contribution in [0, 0.1) is 6.92 Å². The molecule has 6 heteroatoms. The molecule has 3 aromatic heterocycles. The van der Waals surface area contributed by atoms with Gasteiger partial charge in [-0.1, -0.05) is 60.2 Å². The van der Waals surface area contributed by atoms with Crippen LogP contribution in [0.15, 0.2) is 83.8 Å². The van der Waals surface area contributed by atoms with E-state index in [4.69, 9.17) is 0 Å². The molecule has 150 valence electrons. The van der Waals surface area contributed by atoms with Gasteiger partial charge in [0.15, 0.2) is 5.82 Å². The van der Waals surface area contributed by atoms with Crippen molar-refractivity contribution in [2.75, 3.05) is 0 Å². The number of para-hydroxylation sites is 2. The number of rotatable bonds is 3. The summed E-state index contributed by atoms with van der Waals surface area (Å²) < 4.78 is 3.69. The second kappa shape index (κ2) is 6.67. The van der Waals surface area contributed by atoms with E-state index in [0.29, 0.717) is 23.5 Å². The van der Waals surface area contributed by atoms with Crippen LogP contribution in [-0.4, -0.2) is 24.1 Å². The Morgan fingerprint density at radius 3 is 2.45 bits per heavy atom. The van der Waals surface area contributed by atoms with Gasteiger partial charge in [-0.3, -0.25) is 13.8 Å². The van der Waals surface area contributed by atoms with Crippen LogP contribution in [0.4, 0.5) is 0 Å². The van der Waals surface area contributed by atoms with Crippen molar-refractivity contribution in [1.82, 2.24) is 24.1 Å². The molecule has 0 radical (unpaired) electrons. The summed E-state index contributed by atoms with van der Waals surface area (Å²) in [5.41, 5.74) is 4.94. The van der Waals surface area contributed by atoms with Crippen LogP contribution in [0.25, 0.3) is 39.0 Å². The smallest absolute Gasteiger partial charge is 0.263 e. The number of aromatic amines is 1. The van der Waals surface area contributed by atoms with Gasteiger partial charge in [-0.15, -0.1) is 10.2 Å². The van der Waals surface area contributed by atoms with E-state index in [1.807, 2.05) is 65.2 Å². The minimum atomic E-state index is -0.0680. The molecule has 0 amide bonds. The van der Waals surface area contributed by atoms with Gasteiger partial charge in [0.25, 0.3) is 5.56 Å². The maximum absolute atomic E-state index is 13.4. The Hall–Kier alpha value is -4.19. The lowest BCUT2D eigenvalue weighted by Gasteiger charge is -2.11. The van der Waals surface area contributed by atoms with Crippen molar-refractivity contribution >= 4 is 27.6 Å². The maximum Gasteiger partial charge on any atom is 0.263 e. The van der Waals surface area contributed by atoms with Gasteiger partial charge in [0.05, 0.1) is 17.4 Å². The van der Waals surface area contributed by atoms with Crippen LogP contribution in [0.1, 0.15) is 11.1 Å². The van der Waals surface area contributed by atoms with Gasteiger partial charge in [-0.2, -0.15) is 0 Å². The summed E-state index contributed by atoms with van der Waals surface area (Å²) in [7, 11) is 0. The second-order valence-electron chi connectivity index (χ2n) is 7.80. The molecule has 0 atom stereocenters. The van der Waals surface area contributed by atoms with E-state index in [2.05, 4.69) is 40.3 Å². The molecule has 0 spiro atoms. The number of H-pyrrole nitrogens is 1. The number of aromatic nitrogens is 5. The average Bonchev–Trinajstić information content (AvgIpc) is 3.42. The first kappa shape index (κ1) is 17.7. The molecule has 6 aromatic rings. The van der Waals surface area contributed by atoms with E-state index < -0.39 is 0 Å². The van der Waals surface area contributed by atoms with Crippen molar-refractivity contribution in [3.8, 4) is 11.4 Å². The van der Waals surface area contributed by atoms with Crippen LogP contribution in [-0.2, 0) is 6.54 Å². The lowest BCUT2D eigenvalue weighted by atomic mass is 10.1. The Bertz CT molecular complexity index is 1640. The third-order valence-electron chi connectivity index (χ3n) is 5.80. The summed E-state index contributed by atoms with van der Waals surface area (Å²) in [4.78, 5) is 16.7. The van der Waals surface area contributed by atoms with Crippen molar-refractivity contribution in [3.05, 3.63) is 100 Å². The number of fused-ring (bicyclic) bond motifs is 4. The molecule has 0 aliphatic rings. The number of nitrogens with zero attached hydrogens (tertiary/aromatic N) is 4. The summed E-state index contributed by atoms with van der Waals surface area (Å²) in [6, 6.07) is 23.9. The van der Waals surface area contributed by atoms with Crippen LogP contribution < -0.4 is 5.56 Å². The van der Waals surface area contributed by atoms with Crippen LogP contribution in [0.3, 0.4) is 0 Å². The van der Waals surface area contributed by atoms with Gasteiger partial charge < -0.3 is 4.98 Å². The number of aryl methyl sites for hydroxylation is 1. The lowest BCUT2D eigenvalue weighted by molar-refractivity contribution is 0.766. The molecule has 0 saturated heterocycles. The molecule has 1 N–H and O–H groups in total. The van der Waals surface area contributed by atoms with Crippen molar-refractivity contribution in [2.45, 2.75) is 13.5 Å². The van der Waals surface area contributed by atoms with Crippen LogP contribution in [0.5, 0.6) is 0 Å². The van der Waals surface area contributed by atoms with Crippen molar-refractivity contribution < 1.29 is 0 Å². The molecular weight excluding hydrogens is 386 g/mol. The zero-order valence-corrected chi connectivity index (χ0v) is 16.9. The Morgan fingerprint density at radius 1 is 0.871 bits per heavy atom. The highest BCUT2D eigenvalue weighted by Crippen LogP contribution is 2.29. The van der Waals surface area contributed by atoms with E-state index >= 15 is 0 Å². The molecule has 0 saturated carbocycles. The van der Waals surface area contributed by atoms with E-state index in [1.54, 1.807) is 4.57 Å². The first-order chi connectivity index (χ1) is 15.2. The molecular formula is C25H19N5O. The van der Waals surface area contributed by atoms with Crippen molar-refractivity contribution in [1.29, 1.82) is 0 Å². The summed E-state index contributed by atoms with van der Waals surface area (Å²) in [6.07, 6.45) is 1.95. The van der Waals surface area contributed by atoms with Gasteiger partial charge in [-0.05, 0) is 30.7 Å². The fourth-order valence-corrected chi connectivity index (χ4v) is 4.21. The maximum atomic E-state index is 13.4. The Morgan fingerprint density at radius 2 is 1.61 bits per heavy atom. The van der Waals surface area contributed by atoms with Gasteiger partial charge >= 0.3 is 0 Å². The molecule has 6 nitrogen and oxygen atoms in total. The molecule has 3 heterocycles. The number of benzene rings is 3. The lowest BCUT2D eigenvalue weighted by Crippen LogP contribution is -2.24. The van der Waals surface area contributed by atoms with E-state index in [1.165, 1.54) is 5.56 Å². The van der Waals surface area contributed by atoms with Crippen molar-refractivity contribution in [2.24, 2.45) is 0 Å². The largest absolute Gasteiger partial charge is 0.360 e. The molecule has 0 fully saturated rings. The normalized spacial score (nSPS) is 11.6. The topological polar surface area (TPSA) is 68.0 Å². The highest BCUT2D eigenvalue weighted by molar-refractivity contribution is 5.95. The summed E-state index contributed by atoms with van der Waals surface area (Å²) >= 11 is 0. The SMILES string of the molecule is Cc1ccc(Cn2c(=O)c3ccccc3n3c(-c4c[nH]c5ccccc45)nnc23)cc1. The Labute approximate surface area is 177 Å². The standard InChI is InChI=1S/C25H19N5O/c1-16-10-12-17(13-11-16)15-29-24(31)19-7-3-5-9-22(19)30-23(27-28-25(29)30)20-14-26-21-8-4-2-6-18(20)21/h2-14,26H,15H2,1H3. The fourth-order valence-electron chi connectivity index (χ4n) is 4.21. The average molecular weight is 405 g/mol. The van der Waals surface area contributed by atoms with Gasteiger partial charge in [0, 0.05) is 22.7 Å². The first-order valence-corrected chi connectivity index (χ1v) is 10.2. The van der Waals surface area contributed by atoms with Crippen LogP contribution in [0.2, 0.25) is 0 Å². The summed E-state index contributed by atoms with van der Waals surface area (Å²) in [5.74, 6) is 1.24. The zero-order valence-electron chi connectivity index (χ0n) is 16.9. The second-order valence-corrected chi connectivity index (χ2v) is 7.80. The molecule has 3 aromatic carbocycles. The molecule has 0 bridgehead atoms. The van der Waals surface area contributed by atoms with Gasteiger partial charge in [0.1, 0.15) is 0 Å². The fraction of sp³-hybridized carbons (Fsp3) is 0.0800.